The number of alkyl halides is 9. The van der Waals surface area contributed by atoms with Crippen LogP contribution in [0.4, 0.5) is 39.5 Å². The van der Waals surface area contributed by atoms with E-state index in [-0.39, 0.29) is 69.4 Å². The molecule has 12 rings (SSSR count). The zero-order chi connectivity index (χ0) is 63.6. The number of Topliss-reactive ketones (excluding diaryl/α,β-unsaturated/α-hetero) is 1. The number of ketones is 1. The van der Waals surface area contributed by atoms with Crippen LogP contribution in [0.25, 0.3) is 55.2 Å². The molecule has 455 valence electrons. The molecular weight excluding hydrogens is 1280 g/mol. The number of carbonyl (C=O) groups excluding carboxylic acids is 2. The van der Waals surface area contributed by atoms with Gasteiger partial charge in [0.15, 0.2) is 0 Å². The van der Waals surface area contributed by atoms with Crippen molar-refractivity contribution in [3.05, 3.63) is 274 Å². The van der Waals surface area contributed by atoms with Crippen molar-refractivity contribution in [2.45, 2.75) is 26.0 Å². The fourth-order valence-electron chi connectivity index (χ4n) is 9.19. The summed E-state index contributed by atoms with van der Waals surface area (Å²) >= 11 is 3.28. The van der Waals surface area contributed by atoms with Crippen LogP contribution < -0.4 is 44.8 Å². The smallest absolute Gasteiger partial charge is 1.00 e. The van der Waals surface area contributed by atoms with Gasteiger partial charge in [-0.1, -0.05) is 96.2 Å². The van der Waals surface area contributed by atoms with Crippen LogP contribution in [0.5, 0.6) is 23.0 Å². The molecule has 0 aliphatic rings. The number of nitriles is 3. The zero-order valence-electron chi connectivity index (χ0n) is 48.2. The first-order chi connectivity index (χ1) is 42.5. The average Bonchev–Trinajstić information content (AvgIpc) is 1.70. The molecule has 3 radical (unpaired) electrons. The van der Waals surface area contributed by atoms with Crippen LogP contribution in [0.3, 0.4) is 0 Å². The van der Waals surface area contributed by atoms with E-state index in [9.17, 15) is 49.1 Å². The second kappa shape index (κ2) is 30.5. The number of carbonyl (C=O) groups is 2. The van der Waals surface area contributed by atoms with Gasteiger partial charge < -0.3 is 30.8 Å². The van der Waals surface area contributed by atoms with Crippen LogP contribution in [-0.4, -0.2) is 34.2 Å². The monoisotopic (exact) mass is 1320 g/mol. The first-order valence-corrected chi connectivity index (χ1v) is 27.0. The number of primary amides is 1. The standard InChI is InChI=1S/C24H14F3N3O3.C22H13F3N2O.C14H7BrF3N.C8H7N.CH4.B.Na.H/c25-24(26,27)20-10-9-17(11-14(20)12-28)33-16-7-5-15(6-8-16)30-13-19(22(31)23(29)32)18-3-1-2-4-21(18)30;23-22(24,25)20-10-9-19(13-16(20)14-26)28-18-7-5-17(6-8-18)27-12-11-15-3-1-2-4-21(15)27;15-12-4-1-9(2-5-12)10-3-6-13(14(16,17)18)11(7-10)8-19;1-2-4-8-7(3-1)5-6-9-8;;;;/h1-11,13H,(H2,29,32);1-13H;1-7H;1-6,9H;1H4;;;/q;;;;;;+1;-1. The first-order valence-electron chi connectivity index (χ1n) is 26.2. The quantitative estimate of drug-likeness (QED) is 0.0625. The molecule has 0 saturated heterocycles. The van der Waals surface area contributed by atoms with E-state index in [4.69, 9.17) is 31.0 Å². The van der Waals surface area contributed by atoms with Crippen LogP contribution in [0.15, 0.2) is 235 Å². The number of halogens is 10. The molecule has 0 saturated carbocycles. The number of nitrogens with two attached hydrogens (primary N) is 1. The van der Waals surface area contributed by atoms with Crippen molar-refractivity contribution in [1.82, 2.24) is 14.1 Å². The number of rotatable bonds is 9. The van der Waals surface area contributed by atoms with E-state index >= 15 is 0 Å². The Balaban J connectivity index is 0.000000237. The molecule has 3 N–H and O–H groups in total. The summed E-state index contributed by atoms with van der Waals surface area (Å²) in [7, 11) is 0. The molecule has 3 heterocycles. The number of ether oxygens (including phenoxy) is 2. The van der Waals surface area contributed by atoms with Gasteiger partial charge in [-0.15, -0.1) is 0 Å². The molecule has 0 aliphatic heterocycles. The third kappa shape index (κ3) is 17.0. The molecule has 0 atom stereocenters. The number of fused-ring (bicyclic) bond motifs is 3. The van der Waals surface area contributed by atoms with E-state index in [0.717, 1.165) is 63.0 Å². The molecule has 0 unspecified atom stereocenters. The third-order valence-corrected chi connectivity index (χ3v) is 13.9. The van der Waals surface area contributed by atoms with Gasteiger partial charge in [0.05, 0.1) is 68.2 Å². The van der Waals surface area contributed by atoms with E-state index in [0.29, 0.717) is 33.7 Å². The van der Waals surface area contributed by atoms with Crippen molar-refractivity contribution < 1.29 is 89.6 Å². The van der Waals surface area contributed by atoms with Gasteiger partial charge in [0, 0.05) is 53.8 Å². The summed E-state index contributed by atoms with van der Waals surface area (Å²) < 4.78 is 131. The largest absolute Gasteiger partial charge is 1.00 e. The van der Waals surface area contributed by atoms with Gasteiger partial charge in [-0.3, -0.25) is 9.59 Å². The van der Waals surface area contributed by atoms with Crippen LogP contribution >= 0.6 is 15.9 Å². The van der Waals surface area contributed by atoms with Crippen molar-refractivity contribution >= 4 is 68.7 Å². The molecule has 0 fully saturated rings. The summed E-state index contributed by atoms with van der Waals surface area (Å²) in [4.78, 5) is 26.7. The minimum absolute atomic E-state index is 0. The second-order valence-electron chi connectivity index (χ2n) is 19.1. The number of hydrogen-bond acceptors (Lipinski definition) is 7. The van der Waals surface area contributed by atoms with Crippen molar-refractivity contribution in [2.24, 2.45) is 5.73 Å². The molecule has 11 nitrogen and oxygen atoms in total. The van der Waals surface area contributed by atoms with Crippen LogP contribution in [0.2, 0.25) is 0 Å². The number of aromatic amines is 1. The van der Waals surface area contributed by atoms with Gasteiger partial charge in [0.2, 0.25) is 0 Å². The van der Waals surface area contributed by atoms with Gasteiger partial charge in [0.1, 0.15) is 23.0 Å². The fourth-order valence-corrected chi connectivity index (χ4v) is 9.46. The van der Waals surface area contributed by atoms with Gasteiger partial charge in [-0.25, -0.2) is 0 Å². The summed E-state index contributed by atoms with van der Waals surface area (Å²) in [5.74, 6) is -0.830. The van der Waals surface area contributed by atoms with Gasteiger partial charge in [-0.05, 0) is 161 Å². The third-order valence-electron chi connectivity index (χ3n) is 13.4. The molecule has 92 heavy (non-hydrogen) atoms. The number of nitrogens with zero attached hydrogens (tertiary/aromatic N) is 5. The minimum Gasteiger partial charge on any atom is -1.00 e. The topological polar surface area (TPSA) is 176 Å². The number of benzene rings is 9. The summed E-state index contributed by atoms with van der Waals surface area (Å²) in [5.41, 5.74) is 6.90. The number of aromatic nitrogens is 3. The van der Waals surface area contributed by atoms with Crippen LogP contribution in [-0.2, 0) is 23.3 Å². The Kier molecular flexibility index (Phi) is 23.5. The Labute approximate surface area is 554 Å². The Morgan fingerprint density at radius 3 is 1.43 bits per heavy atom. The predicted octanol–water partition coefficient (Wildman–Crippen LogP) is 15.8. The molecule has 12 aromatic rings. The van der Waals surface area contributed by atoms with Crippen LogP contribution in [0.1, 0.15) is 52.6 Å². The number of para-hydroxylation sites is 3. The van der Waals surface area contributed by atoms with E-state index in [2.05, 4.69) is 39.1 Å². The summed E-state index contributed by atoms with van der Waals surface area (Å²) in [6.45, 7) is 0. The Hall–Kier alpha value is -10.3. The number of amides is 1. The molecule has 1 amide bonds. The summed E-state index contributed by atoms with van der Waals surface area (Å²) in [5, 5.41) is 29.8. The molecule has 9 aromatic carbocycles. The fraction of sp³-hybridized carbons (Fsp3) is 0.0580. The maximum absolute atomic E-state index is 13.0. The van der Waals surface area contributed by atoms with Crippen molar-refractivity contribution in [1.29, 1.82) is 15.8 Å². The van der Waals surface area contributed by atoms with Crippen LogP contribution in [0, 0.1) is 34.0 Å². The number of hydrogen-bond donors (Lipinski definition) is 2. The molecule has 3 aromatic heterocycles. The molecule has 0 spiro atoms. The SMILES string of the molecule is C.N#Cc1cc(-c2ccc(Br)cc2)ccc1C(F)(F)F.N#Cc1cc(Oc2ccc(-n3cc(C(=O)C(N)=O)c4ccccc43)cc2)ccc1C(F)(F)F.N#Cc1cc(Oc2ccc(-n3ccc4ccccc43)cc2)ccc1C(F)(F)F.[B].[H-].[Na+].c1ccc2[nH]ccc2c1. The molecule has 23 heteroatoms. The van der Waals surface area contributed by atoms with Gasteiger partial charge in [-0.2, -0.15) is 55.3 Å². The zero-order valence-corrected chi connectivity index (χ0v) is 50.8. The Morgan fingerprint density at radius 2 is 0.935 bits per heavy atom. The maximum atomic E-state index is 13.0. The second-order valence-corrected chi connectivity index (χ2v) is 20.1. The first kappa shape index (κ1) is 70.8. The van der Waals surface area contributed by atoms with E-state index in [1.54, 1.807) is 102 Å². The molecule has 0 bridgehead atoms. The van der Waals surface area contributed by atoms with Crippen molar-refractivity contribution in [3.63, 3.8) is 0 Å². The van der Waals surface area contributed by atoms with Gasteiger partial charge >= 0.3 is 48.1 Å². The number of nitrogens with one attached hydrogen (secondary N) is 1. The summed E-state index contributed by atoms with van der Waals surface area (Å²) in [6, 6.07) is 62.5. The molecule has 0 aliphatic carbocycles. The van der Waals surface area contributed by atoms with E-state index in [1.165, 1.54) is 41.4 Å². The summed E-state index contributed by atoms with van der Waals surface area (Å²) in [6.07, 6.45) is -8.30. The molecular formula is C69H46BBrF9N7NaO4. The maximum Gasteiger partial charge on any atom is 1.00 e. The number of H-pyrrole nitrogens is 1. The average molecular weight is 1320 g/mol. The van der Waals surface area contributed by atoms with Crippen molar-refractivity contribution in [3.8, 4) is 63.7 Å². The Morgan fingerprint density at radius 1 is 0.500 bits per heavy atom. The van der Waals surface area contributed by atoms with Gasteiger partial charge in [0.25, 0.3) is 11.7 Å². The van der Waals surface area contributed by atoms with E-state index < -0.39 is 58.0 Å². The Bertz CT molecular complexity index is 4680. The normalized spacial score (nSPS) is 10.8. The minimum atomic E-state index is -4.64. The predicted molar refractivity (Wildman–Crippen MR) is 334 cm³/mol. The van der Waals surface area contributed by atoms with Crippen molar-refractivity contribution in [2.75, 3.05) is 0 Å². The van der Waals surface area contributed by atoms with E-state index in [1.807, 2.05) is 71.6 Å².